The van der Waals surface area contributed by atoms with E-state index in [9.17, 15) is 9.50 Å². The summed E-state index contributed by atoms with van der Waals surface area (Å²) in [4.78, 5) is 0. The number of nitrogens with zero attached hydrogens (tertiary/aromatic N) is 2. The van der Waals surface area contributed by atoms with Crippen molar-refractivity contribution in [3.63, 3.8) is 0 Å². The average molecular weight is 232 g/mol. The monoisotopic (exact) mass is 232 g/mol. The lowest BCUT2D eigenvalue weighted by atomic mass is 10.1. The normalized spacial score (nSPS) is 15.1. The van der Waals surface area contributed by atoms with Crippen LogP contribution in [0.5, 0.6) is 5.75 Å². The van der Waals surface area contributed by atoms with E-state index < -0.39 is 5.82 Å². The fourth-order valence-electron chi connectivity index (χ4n) is 1.92. The first-order valence-electron chi connectivity index (χ1n) is 5.74. The van der Waals surface area contributed by atoms with Crippen LogP contribution in [0.25, 0.3) is 11.1 Å². The molecule has 88 valence electrons. The number of hydrogen-bond acceptors (Lipinski definition) is 2. The predicted molar refractivity (Wildman–Crippen MR) is 62.0 cm³/mol. The lowest BCUT2D eigenvalue weighted by molar-refractivity contribution is 0.471. The number of benzene rings is 1. The van der Waals surface area contributed by atoms with Crippen LogP contribution in [0.2, 0.25) is 0 Å². The minimum atomic E-state index is -0.434. The van der Waals surface area contributed by atoms with Crippen LogP contribution in [0.4, 0.5) is 4.39 Å². The molecule has 1 aliphatic carbocycles. The van der Waals surface area contributed by atoms with Crippen molar-refractivity contribution in [2.45, 2.75) is 19.4 Å². The minimum absolute atomic E-state index is 0.0454. The first-order chi connectivity index (χ1) is 8.22. The van der Waals surface area contributed by atoms with Gasteiger partial charge in [-0.15, -0.1) is 0 Å². The van der Waals surface area contributed by atoms with Gasteiger partial charge in [0.1, 0.15) is 11.6 Å². The van der Waals surface area contributed by atoms with E-state index in [0.717, 1.165) is 24.1 Å². The summed E-state index contributed by atoms with van der Waals surface area (Å²) in [5, 5.41) is 13.9. The molecule has 1 saturated carbocycles. The zero-order valence-electron chi connectivity index (χ0n) is 9.31. The van der Waals surface area contributed by atoms with Gasteiger partial charge in [0, 0.05) is 29.9 Å². The quantitative estimate of drug-likeness (QED) is 0.883. The lowest BCUT2D eigenvalue weighted by Crippen LogP contribution is -1.98. The predicted octanol–water partition coefficient (Wildman–Crippen LogP) is 2.80. The van der Waals surface area contributed by atoms with E-state index in [1.165, 1.54) is 18.9 Å². The standard InChI is InChI=1S/C13H13FN2O/c14-11-3-4-12(13(17)5-11)10-6-15-16(8-10)7-9-1-2-9/h3-6,8-9,17H,1-2,7H2. The van der Waals surface area contributed by atoms with Crippen molar-refractivity contribution >= 4 is 0 Å². The van der Waals surface area contributed by atoms with Gasteiger partial charge in [-0.05, 0) is 30.9 Å². The van der Waals surface area contributed by atoms with E-state index in [1.807, 2.05) is 10.9 Å². The first-order valence-corrected chi connectivity index (χ1v) is 5.74. The first kappa shape index (κ1) is 10.3. The van der Waals surface area contributed by atoms with E-state index in [4.69, 9.17) is 0 Å². The largest absolute Gasteiger partial charge is 0.507 e. The minimum Gasteiger partial charge on any atom is -0.507 e. The Labute approximate surface area is 98.5 Å². The number of aromatic nitrogens is 2. The molecule has 0 atom stereocenters. The number of rotatable bonds is 3. The van der Waals surface area contributed by atoms with E-state index in [0.29, 0.717) is 5.56 Å². The van der Waals surface area contributed by atoms with Crippen LogP contribution >= 0.6 is 0 Å². The van der Waals surface area contributed by atoms with E-state index in [2.05, 4.69) is 5.10 Å². The zero-order valence-corrected chi connectivity index (χ0v) is 9.31. The van der Waals surface area contributed by atoms with Gasteiger partial charge in [0.25, 0.3) is 0 Å². The average Bonchev–Trinajstić information content (AvgIpc) is 2.96. The van der Waals surface area contributed by atoms with Crippen molar-refractivity contribution in [3.8, 4) is 16.9 Å². The second kappa shape index (κ2) is 3.87. The van der Waals surface area contributed by atoms with Gasteiger partial charge in [0.15, 0.2) is 0 Å². The molecule has 17 heavy (non-hydrogen) atoms. The molecular formula is C13H13FN2O. The molecule has 1 N–H and O–H groups in total. The fourth-order valence-corrected chi connectivity index (χ4v) is 1.92. The molecule has 1 aromatic carbocycles. The molecule has 3 nitrogen and oxygen atoms in total. The molecule has 0 radical (unpaired) electrons. The van der Waals surface area contributed by atoms with Crippen LogP contribution < -0.4 is 0 Å². The summed E-state index contributed by atoms with van der Waals surface area (Å²) < 4.78 is 14.8. The summed E-state index contributed by atoms with van der Waals surface area (Å²) in [6.45, 7) is 0.932. The number of phenolic OH excluding ortho intramolecular Hbond substituents is 1. The van der Waals surface area contributed by atoms with Crippen molar-refractivity contribution in [1.29, 1.82) is 0 Å². The number of phenols is 1. The molecule has 0 aliphatic heterocycles. The maximum Gasteiger partial charge on any atom is 0.126 e. The van der Waals surface area contributed by atoms with Crippen molar-refractivity contribution in [2.75, 3.05) is 0 Å². The van der Waals surface area contributed by atoms with Crippen LogP contribution in [0, 0.1) is 11.7 Å². The van der Waals surface area contributed by atoms with Crippen molar-refractivity contribution in [1.82, 2.24) is 9.78 Å². The highest BCUT2D eigenvalue weighted by atomic mass is 19.1. The molecule has 1 heterocycles. The van der Waals surface area contributed by atoms with Gasteiger partial charge in [0.2, 0.25) is 0 Å². The highest BCUT2D eigenvalue weighted by molar-refractivity contribution is 5.68. The third-order valence-corrected chi connectivity index (χ3v) is 3.05. The number of aromatic hydroxyl groups is 1. The topological polar surface area (TPSA) is 38.1 Å². The van der Waals surface area contributed by atoms with Crippen LogP contribution in [0.3, 0.4) is 0 Å². The summed E-state index contributed by atoms with van der Waals surface area (Å²) >= 11 is 0. The van der Waals surface area contributed by atoms with Gasteiger partial charge in [-0.25, -0.2) is 4.39 Å². The van der Waals surface area contributed by atoms with Crippen molar-refractivity contribution < 1.29 is 9.50 Å². The van der Waals surface area contributed by atoms with Crippen LogP contribution in [-0.4, -0.2) is 14.9 Å². The second-order valence-corrected chi connectivity index (χ2v) is 4.56. The Hall–Kier alpha value is -1.84. The maximum atomic E-state index is 12.9. The molecule has 1 aromatic heterocycles. The maximum absolute atomic E-state index is 12.9. The number of hydrogen-bond donors (Lipinski definition) is 1. The van der Waals surface area contributed by atoms with Crippen LogP contribution in [0.15, 0.2) is 30.6 Å². The summed E-state index contributed by atoms with van der Waals surface area (Å²) in [6, 6.07) is 4.03. The molecule has 0 bridgehead atoms. The molecule has 1 aliphatic rings. The van der Waals surface area contributed by atoms with Crippen molar-refractivity contribution in [3.05, 3.63) is 36.4 Å². The molecule has 0 amide bonds. The van der Waals surface area contributed by atoms with Crippen LogP contribution in [0.1, 0.15) is 12.8 Å². The van der Waals surface area contributed by atoms with Crippen molar-refractivity contribution in [2.24, 2.45) is 5.92 Å². The lowest BCUT2D eigenvalue weighted by Gasteiger charge is -2.01. The fraction of sp³-hybridized carbons (Fsp3) is 0.308. The van der Waals surface area contributed by atoms with Gasteiger partial charge >= 0.3 is 0 Å². The summed E-state index contributed by atoms with van der Waals surface area (Å²) in [5.41, 5.74) is 1.44. The Balaban J connectivity index is 1.89. The third kappa shape index (κ3) is 2.16. The molecule has 0 unspecified atom stereocenters. The summed E-state index contributed by atoms with van der Waals surface area (Å²) in [7, 11) is 0. The van der Waals surface area contributed by atoms with E-state index in [-0.39, 0.29) is 5.75 Å². The van der Waals surface area contributed by atoms with Gasteiger partial charge < -0.3 is 5.11 Å². The third-order valence-electron chi connectivity index (χ3n) is 3.05. The Kier molecular flexibility index (Phi) is 2.35. The Morgan fingerprint density at radius 3 is 2.94 bits per heavy atom. The van der Waals surface area contributed by atoms with Crippen LogP contribution in [-0.2, 0) is 6.54 Å². The molecule has 0 saturated heterocycles. The van der Waals surface area contributed by atoms with E-state index in [1.54, 1.807) is 12.3 Å². The number of halogens is 1. The molecule has 1 fully saturated rings. The second-order valence-electron chi connectivity index (χ2n) is 4.56. The highest BCUT2D eigenvalue weighted by Crippen LogP contribution is 2.32. The Morgan fingerprint density at radius 2 is 2.24 bits per heavy atom. The molecular weight excluding hydrogens is 219 g/mol. The SMILES string of the molecule is Oc1cc(F)ccc1-c1cnn(CC2CC2)c1. The Morgan fingerprint density at radius 1 is 1.41 bits per heavy atom. The van der Waals surface area contributed by atoms with Gasteiger partial charge in [-0.1, -0.05) is 0 Å². The molecule has 2 aromatic rings. The van der Waals surface area contributed by atoms with E-state index >= 15 is 0 Å². The zero-order chi connectivity index (χ0) is 11.8. The summed E-state index contributed by atoms with van der Waals surface area (Å²) in [6.07, 6.45) is 6.15. The smallest absolute Gasteiger partial charge is 0.126 e. The van der Waals surface area contributed by atoms with Gasteiger partial charge in [0.05, 0.1) is 6.20 Å². The summed E-state index contributed by atoms with van der Waals surface area (Å²) in [5.74, 6) is 0.275. The molecule has 0 spiro atoms. The molecule has 3 rings (SSSR count). The van der Waals surface area contributed by atoms with Gasteiger partial charge in [-0.3, -0.25) is 4.68 Å². The highest BCUT2D eigenvalue weighted by Gasteiger charge is 2.22. The molecule has 4 heteroatoms. The Bertz CT molecular complexity index is 546. The van der Waals surface area contributed by atoms with Gasteiger partial charge in [-0.2, -0.15) is 5.10 Å².